The van der Waals surface area contributed by atoms with Gasteiger partial charge in [-0.3, -0.25) is 14.3 Å². The zero-order chi connectivity index (χ0) is 16.2. The summed E-state index contributed by atoms with van der Waals surface area (Å²) in [4.78, 5) is 24.0. The lowest BCUT2D eigenvalue weighted by Gasteiger charge is -2.09. The fourth-order valence-electron chi connectivity index (χ4n) is 3.40. The van der Waals surface area contributed by atoms with E-state index in [1.807, 2.05) is 0 Å². The number of carbonyl (C=O) groups excluding carboxylic acids is 2. The molecule has 1 atom stereocenters. The molecule has 0 radical (unpaired) electrons. The van der Waals surface area contributed by atoms with Crippen LogP contribution < -0.4 is 10.6 Å². The highest BCUT2D eigenvalue weighted by atomic mass is 16.3. The molecule has 23 heavy (non-hydrogen) atoms. The number of hydrogen-bond acceptors (Lipinski definition) is 4. The highest BCUT2D eigenvalue weighted by molar-refractivity contribution is 5.98. The van der Waals surface area contributed by atoms with Crippen LogP contribution in [-0.4, -0.2) is 45.9 Å². The molecule has 1 saturated carbocycles. The smallest absolute Gasteiger partial charge is 0.271 e. The lowest BCUT2D eigenvalue weighted by molar-refractivity contribution is 0.0931. The number of hydrogen-bond donors (Lipinski definition) is 3. The first-order valence-corrected chi connectivity index (χ1v) is 8.46. The van der Waals surface area contributed by atoms with E-state index in [1.54, 1.807) is 0 Å². The molecule has 3 rings (SSSR count). The fourth-order valence-corrected chi connectivity index (χ4v) is 3.40. The van der Waals surface area contributed by atoms with Gasteiger partial charge in [-0.25, -0.2) is 0 Å². The number of nitrogens with one attached hydrogen (secondary N) is 2. The van der Waals surface area contributed by atoms with E-state index in [0.717, 1.165) is 18.8 Å². The van der Waals surface area contributed by atoms with Gasteiger partial charge in [0.15, 0.2) is 5.69 Å². The molecular formula is C16H24N4O3. The molecule has 3 N–H and O–H groups in total. The van der Waals surface area contributed by atoms with Crippen molar-refractivity contribution in [3.63, 3.8) is 0 Å². The van der Waals surface area contributed by atoms with Crippen LogP contribution in [0.15, 0.2) is 6.07 Å². The van der Waals surface area contributed by atoms with Crippen molar-refractivity contribution in [1.82, 2.24) is 20.4 Å². The van der Waals surface area contributed by atoms with Crippen molar-refractivity contribution < 1.29 is 14.7 Å². The van der Waals surface area contributed by atoms with Gasteiger partial charge in [-0.2, -0.15) is 5.10 Å². The minimum atomic E-state index is -0.692. The van der Waals surface area contributed by atoms with E-state index >= 15 is 0 Å². The van der Waals surface area contributed by atoms with Crippen molar-refractivity contribution in [3.05, 3.63) is 17.5 Å². The van der Waals surface area contributed by atoms with Gasteiger partial charge in [0, 0.05) is 19.2 Å². The lowest BCUT2D eigenvalue weighted by atomic mass is 10.0. The molecule has 7 heteroatoms. The minimum Gasteiger partial charge on any atom is -0.389 e. The predicted molar refractivity (Wildman–Crippen MR) is 84.1 cm³/mol. The van der Waals surface area contributed by atoms with E-state index in [9.17, 15) is 14.7 Å². The van der Waals surface area contributed by atoms with Gasteiger partial charge in [0.1, 0.15) is 5.69 Å². The summed E-state index contributed by atoms with van der Waals surface area (Å²) in [5.74, 6) is 0.245. The molecule has 1 aliphatic carbocycles. The first kappa shape index (κ1) is 16.0. The van der Waals surface area contributed by atoms with E-state index in [1.165, 1.54) is 36.4 Å². The Morgan fingerprint density at radius 3 is 3.00 bits per heavy atom. The maximum atomic E-state index is 12.2. The molecule has 0 spiro atoms. The Balaban J connectivity index is 1.52. The summed E-state index contributed by atoms with van der Waals surface area (Å²) in [6, 6.07) is 1.49. The molecule has 1 fully saturated rings. The molecular weight excluding hydrogens is 296 g/mol. The van der Waals surface area contributed by atoms with E-state index in [0.29, 0.717) is 12.2 Å². The third-order valence-electron chi connectivity index (χ3n) is 4.68. The number of aliphatic hydroxyl groups excluding tert-OH is 1. The highest BCUT2D eigenvalue weighted by Crippen LogP contribution is 2.28. The maximum absolute atomic E-state index is 12.2. The number of carbonyl (C=O) groups is 2. The molecule has 1 aliphatic heterocycles. The Morgan fingerprint density at radius 2 is 2.22 bits per heavy atom. The third-order valence-corrected chi connectivity index (χ3v) is 4.68. The molecule has 0 unspecified atom stereocenters. The summed E-state index contributed by atoms with van der Waals surface area (Å²) in [6.45, 7) is 1.04. The molecule has 1 aromatic rings. The van der Waals surface area contributed by atoms with E-state index in [-0.39, 0.29) is 30.6 Å². The van der Waals surface area contributed by atoms with E-state index in [4.69, 9.17) is 0 Å². The summed E-state index contributed by atoms with van der Waals surface area (Å²) in [7, 11) is 0. The number of nitrogens with zero attached hydrogens (tertiary/aromatic N) is 2. The first-order chi connectivity index (χ1) is 11.1. The van der Waals surface area contributed by atoms with Crippen LogP contribution in [0.1, 0.15) is 59.5 Å². The van der Waals surface area contributed by atoms with Gasteiger partial charge in [-0.05, 0) is 18.8 Å². The maximum Gasteiger partial charge on any atom is 0.271 e. The van der Waals surface area contributed by atoms with Gasteiger partial charge < -0.3 is 15.7 Å². The number of β-amino-alcohol motifs (C(OH)–C–C–N with tert-alkyl or cyclic N) is 1. The SMILES string of the molecule is O=C(NCCCC1CCCC1)c1cc2n(n1)C[C@H](O)CNC2=O. The van der Waals surface area contributed by atoms with Gasteiger partial charge in [-0.15, -0.1) is 0 Å². The van der Waals surface area contributed by atoms with E-state index < -0.39 is 6.10 Å². The Morgan fingerprint density at radius 1 is 1.43 bits per heavy atom. The summed E-state index contributed by atoms with van der Waals surface area (Å²) < 4.78 is 1.40. The number of aliphatic hydroxyl groups is 1. The summed E-state index contributed by atoms with van der Waals surface area (Å²) in [6.07, 6.45) is 6.76. The summed E-state index contributed by atoms with van der Waals surface area (Å²) in [5, 5.41) is 19.3. The van der Waals surface area contributed by atoms with Crippen molar-refractivity contribution in [2.75, 3.05) is 13.1 Å². The minimum absolute atomic E-state index is 0.199. The van der Waals surface area contributed by atoms with Crippen LogP contribution in [0.5, 0.6) is 0 Å². The molecule has 2 aliphatic rings. The Bertz CT molecular complexity index is 578. The van der Waals surface area contributed by atoms with Crippen LogP contribution in [-0.2, 0) is 6.54 Å². The average molecular weight is 320 g/mol. The number of fused-ring (bicyclic) bond motifs is 1. The van der Waals surface area contributed by atoms with Crippen molar-refractivity contribution >= 4 is 11.8 Å². The molecule has 0 saturated heterocycles. The molecule has 0 aromatic carbocycles. The molecule has 2 amide bonds. The second-order valence-electron chi connectivity index (χ2n) is 6.51. The van der Waals surface area contributed by atoms with Crippen molar-refractivity contribution in [3.8, 4) is 0 Å². The third kappa shape index (κ3) is 3.90. The lowest BCUT2D eigenvalue weighted by Crippen LogP contribution is -2.30. The summed E-state index contributed by atoms with van der Waals surface area (Å²) in [5.41, 5.74) is 0.544. The van der Waals surface area contributed by atoms with Gasteiger partial charge in [0.05, 0.1) is 12.6 Å². The van der Waals surface area contributed by atoms with Crippen LogP contribution in [0.3, 0.4) is 0 Å². The summed E-state index contributed by atoms with van der Waals surface area (Å²) >= 11 is 0. The second-order valence-corrected chi connectivity index (χ2v) is 6.51. The van der Waals surface area contributed by atoms with Crippen LogP contribution >= 0.6 is 0 Å². The normalized spacial score (nSPS) is 21.6. The number of rotatable bonds is 5. The van der Waals surface area contributed by atoms with Gasteiger partial charge in [0.25, 0.3) is 11.8 Å². The van der Waals surface area contributed by atoms with Crippen molar-refractivity contribution in [2.24, 2.45) is 5.92 Å². The molecule has 126 valence electrons. The van der Waals surface area contributed by atoms with Gasteiger partial charge >= 0.3 is 0 Å². The van der Waals surface area contributed by atoms with Gasteiger partial charge in [-0.1, -0.05) is 25.7 Å². The Labute approximate surface area is 135 Å². The Kier molecular flexibility index (Phi) is 4.95. The zero-order valence-corrected chi connectivity index (χ0v) is 13.3. The predicted octanol–water partition coefficient (Wildman–Crippen LogP) is 0.688. The van der Waals surface area contributed by atoms with Gasteiger partial charge in [0.2, 0.25) is 0 Å². The first-order valence-electron chi connectivity index (χ1n) is 8.46. The Hall–Kier alpha value is -1.89. The van der Waals surface area contributed by atoms with Crippen LogP contribution in [0.2, 0.25) is 0 Å². The zero-order valence-electron chi connectivity index (χ0n) is 13.3. The molecule has 1 aromatic heterocycles. The number of aromatic nitrogens is 2. The highest BCUT2D eigenvalue weighted by Gasteiger charge is 2.24. The molecule has 0 bridgehead atoms. The second kappa shape index (κ2) is 7.12. The quantitative estimate of drug-likeness (QED) is 0.695. The van der Waals surface area contributed by atoms with Crippen LogP contribution in [0.4, 0.5) is 0 Å². The largest absolute Gasteiger partial charge is 0.389 e. The fraction of sp³-hybridized carbons (Fsp3) is 0.688. The van der Waals surface area contributed by atoms with Crippen molar-refractivity contribution in [1.29, 1.82) is 0 Å². The van der Waals surface area contributed by atoms with Crippen molar-refractivity contribution in [2.45, 2.75) is 51.2 Å². The standard InChI is InChI=1S/C16H24N4O3/c21-12-9-18-16(23)14-8-13(19-20(14)10-12)15(22)17-7-3-6-11-4-1-2-5-11/h8,11-12,21H,1-7,9-10H2,(H,17,22)(H,18,23)/t12-/m1/s1. The topological polar surface area (TPSA) is 96.2 Å². The molecule has 7 nitrogen and oxygen atoms in total. The molecule has 2 heterocycles. The average Bonchev–Trinajstić information content (AvgIpc) is 3.16. The number of amides is 2. The van der Waals surface area contributed by atoms with Crippen LogP contribution in [0, 0.1) is 5.92 Å². The monoisotopic (exact) mass is 320 g/mol. The van der Waals surface area contributed by atoms with Crippen LogP contribution in [0.25, 0.3) is 0 Å². The van der Waals surface area contributed by atoms with E-state index in [2.05, 4.69) is 15.7 Å².